The van der Waals surface area contributed by atoms with Gasteiger partial charge in [0.1, 0.15) is 13.2 Å². The second-order valence-corrected chi connectivity index (χ2v) is 3.78. The highest BCUT2D eigenvalue weighted by Gasteiger charge is 2.10. The van der Waals surface area contributed by atoms with Gasteiger partial charge in [-0.3, -0.25) is 9.59 Å². The van der Waals surface area contributed by atoms with Crippen molar-refractivity contribution in [3.8, 4) is 0 Å². The second-order valence-electron chi connectivity index (χ2n) is 2.55. The first-order valence-electron chi connectivity index (χ1n) is 4.18. The predicted molar refractivity (Wildman–Crippen MR) is 48.5 cm³/mol. The van der Waals surface area contributed by atoms with E-state index in [1.807, 2.05) is 0 Å². The standard InChI is InChI=1S/C8H12O4S/c9-7-1-2-8(10)12-4-6-13-5-3-11-7/h1-6H2. The minimum Gasteiger partial charge on any atom is -0.465 e. The molecule has 1 aliphatic heterocycles. The van der Waals surface area contributed by atoms with Crippen molar-refractivity contribution in [3.63, 3.8) is 0 Å². The quantitative estimate of drug-likeness (QED) is 0.541. The molecule has 5 heteroatoms. The van der Waals surface area contributed by atoms with E-state index in [0.29, 0.717) is 13.2 Å². The van der Waals surface area contributed by atoms with Crippen molar-refractivity contribution in [2.75, 3.05) is 24.7 Å². The molecule has 0 aromatic heterocycles. The summed E-state index contributed by atoms with van der Waals surface area (Å²) in [6.07, 6.45) is 0.257. The number of ether oxygens (including phenoxy) is 2. The van der Waals surface area contributed by atoms with Gasteiger partial charge < -0.3 is 9.47 Å². The third-order valence-corrected chi connectivity index (χ3v) is 2.43. The molecule has 0 unspecified atom stereocenters. The van der Waals surface area contributed by atoms with E-state index in [1.54, 1.807) is 11.8 Å². The first kappa shape index (κ1) is 10.4. The average molecular weight is 204 g/mol. The van der Waals surface area contributed by atoms with E-state index in [0.717, 1.165) is 11.5 Å². The number of hydrogen-bond acceptors (Lipinski definition) is 5. The van der Waals surface area contributed by atoms with Gasteiger partial charge in [-0.15, -0.1) is 0 Å². The predicted octanol–water partition coefficient (Wildman–Crippen LogP) is 0.600. The molecule has 13 heavy (non-hydrogen) atoms. The van der Waals surface area contributed by atoms with Crippen LogP contribution in [-0.2, 0) is 19.1 Å². The lowest BCUT2D eigenvalue weighted by atomic mass is 10.3. The second kappa shape index (κ2) is 5.85. The van der Waals surface area contributed by atoms with Crippen molar-refractivity contribution in [2.24, 2.45) is 0 Å². The Labute approximate surface area is 81.0 Å². The number of hydrogen-bond donors (Lipinski definition) is 0. The summed E-state index contributed by atoms with van der Waals surface area (Å²) in [5.74, 6) is 0.894. The first-order chi connectivity index (χ1) is 6.29. The summed E-state index contributed by atoms with van der Waals surface area (Å²) in [6.45, 7) is 0.857. The van der Waals surface area contributed by atoms with Crippen molar-refractivity contribution < 1.29 is 19.1 Å². The summed E-state index contributed by atoms with van der Waals surface area (Å²) >= 11 is 1.61. The Kier molecular flexibility index (Phi) is 4.67. The molecule has 0 N–H and O–H groups in total. The van der Waals surface area contributed by atoms with E-state index in [9.17, 15) is 9.59 Å². The summed E-state index contributed by atoms with van der Waals surface area (Å²) in [7, 11) is 0. The van der Waals surface area contributed by atoms with Crippen LogP contribution in [0.15, 0.2) is 0 Å². The van der Waals surface area contributed by atoms with E-state index in [1.165, 1.54) is 0 Å². The van der Waals surface area contributed by atoms with Crippen molar-refractivity contribution >= 4 is 23.7 Å². The fraction of sp³-hybridized carbons (Fsp3) is 0.750. The molecule has 74 valence electrons. The van der Waals surface area contributed by atoms with Crippen molar-refractivity contribution in [1.82, 2.24) is 0 Å². The molecule has 4 nitrogen and oxygen atoms in total. The third kappa shape index (κ3) is 4.77. The molecule has 0 aromatic rings. The molecule has 0 aliphatic carbocycles. The topological polar surface area (TPSA) is 52.6 Å². The van der Waals surface area contributed by atoms with Crippen LogP contribution in [0, 0.1) is 0 Å². The fourth-order valence-electron chi connectivity index (χ4n) is 0.879. The molecule has 0 aromatic carbocycles. The molecular weight excluding hydrogens is 192 g/mol. The summed E-state index contributed by atoms with van der Waals surface area (Å²) in [5, 5.41) is 0. The van der Waals surface area contributed by atoms with Crippen LogP contribution in [0.3, 0.4) is 0 Å². The maximum absolute atomic E-state index is 10.9. The lowest BCUT2D eigenvalue weighted by Crippen LogP contribution is -2.10. The van der Waals surface area contributed by atoms with Crippen molar-refractivity contribution in [2.45, 2.75) is 12.8 Å². The van der Waals surface area contributed by atoms with Crippen LogP contribution in [0.2, 0.25) is 0 Å². The highest BCUT2D eigenvalue weighted by molar-refractivity contribution is 7.99. The molecular formula is C8H12O4S. The molecule has 1 aliphatic rings. The van der Waals surface area contributed by atoms with E-state index >= 15 is 0 Å². The maximum atomic E-state index is 10.9. The van der Waals surface area contributed by atoms with Crippen LogP contribution >= 0.6 is 11.8 Å². The number of esters is 2. The zero-order chi connectivity index (χ0) is 9.52. The summed E-state index contributed by atoms with van der Waals surface area (Å²) in [4.78, 5) is 21.8. The van der Waals surface area contributed by atoms with Gasteiger partial charge >= 0.3 is 11.9 Å². The fourth-order valence-corrected chi connectivity index (χ4v) is 1.49. The molecule has 1 heterocycles. The number of cyclic esters (lactones) is 2. The average Bonchev–Trinajstić information content (AvgIpc) is 2.15. The zero-order valence-electron chi connectivity index (χ0n) is 7.28. The Balaban J connectivity index is 2.32. The van der Waals surface area contributed by atoms with E-state index < -0.39 is 0 Å². The summed E-state index contributed by atoms with van der Waals surface area (Å²) < 4.78 is 9.71. The Bertz CT molecular complexity index is 173. The van der Waals surface area contributed by atoms with E-state index in [-0.39, 0.29) is 24.8 Å². The Morgan fingerprint density at radius 2 is 1.38 bits per heavy atom. The molecule has 0 spiro atoms. The molecule has 0 radical (unpaired) electrons. The van der Waals surface area contributed by atoms with Crippen molar-refractivity contribution in [1.29, 1.82) is 0 Å². The van der Waals surface area contributed by atoms with E-state index in [4.69, 9.17) is 9.47 Å². The van der Waals surface area contributed by atoms with Gasteiger partial charge in [0.05, 0.1) is 12.8 Å². The molecule has 1 rings (SSSR count). The largest absolute Gasteiger partial charge is 0.465 e. The number of thioether (sulfide) groups is 1. The lowest BCUT2D eigenvalue weighted by molar-refractivity contribution is -0.149. The van der Waals surface area contributed by atoms with Crippen LogP contribution < -0.4 is 0 Å². The minimum atomic E-state index is -0.320. The monoisotopic (exact) mass is 204 g/mol. The highest BCUT2D eigenvalue weighted by Crippen LogP contribution is 2.04. The molecule has 0 bridgehead atoms. The SMILES string of the molecule is O=C1CCC(=O)OCCSCCO1. The summed E-state index contributed by atoms with van der Waals surface area (Å²) in [6, 6.07) is 0. The molecule has 0 saturated carbocycles. The Morgan fingerprint density at radius 3 is 1.85 bits per heavy atom. The smallest absolute Gasteiger partial charge is 0.306 e. The van der Waals surface area contributed by atoms with Crippen molar-refractivity contribution in [3.05, 3.63) is 0 Å². The van der Waals surface area contributed by atoms with Crippen LogP contribution in [-0.4, -0.2) is 36.7 Å². The van der Waals surface area contributed by atoms with Gasteiger partial charge in [-0.25, -0.2) is 0 Å². The zero-order valence-corrected chi connectivity index (χ0v) is 8.10. The molecule has 1 fully saturated rings. The third-order valence-electron chi connectivity index (χ3n) is 1.51. The van der Waals surface area contributed by atoms with Crippen LogP contribution in [0.1, 0.15) is 12.8 Å². The van der Waals surface area contributed by atoms with Crippen LogP contribution in [0.5, 0.6) is 0 Å². The van der Waals surface area contributed by atoms with E-state index in [2.05, 4.69) is 0 Å². The Morgan fingerprint density at radius 1 is 0.923 bits per heavy atom. The number of rotatable bonds is 0. The number of carbonyl (C=O) groups is 2. The highest BCUT2D eigenvalue weighted by atomic mass is 32.2. The van der Waals surface area contributed by atoms with Crippen LogP contribution in [0.25, 0.3) is 0 Å². The summed E-state index contributed by atoms with van der Waals surface area (Å²) in [5.41, 5.74) is 0. The van der Waals surface area contributed by atoms with Gasteiger partial charge in [0.2, 0.25) is 0 Å². The normalized spacial score (nSPS) is 21.2. The lowest BCUT2D eigenvalue weighted by Gasteiger charge is -2.00. The molecule has 0 amide bonds. The molecule has 1 saturated heterocycles. The van der Waals surface area contributed by atoms with Gasteiger partial charge in [-0.1, -0.05) is 0 Å². The number of carbonyl (C=O) groups excluding carboxylic acids is 2. The van der Waals surface area contributed by atoms with Gasteiger partial charge in [0.15, 0.2) is 0 Å². The van der Waals surface area contributed by atoms with Gasteiger partial charge in [0.25, 0.3) is 0 Å². The Hall–Kier alpha value is -0.710. The maximum Gasteiger partial charge on any atom is 0.306 e. The molecule has 0 atom stereocenters. The van der Waals surface area contributed by atoms with Crippen LogP contribution in [0.4, 0.5) is 0 Å². The minimum absolute atomic E-state index is 0.128. The van der Waals surface area contributed by atoms with Gasteiger partial charge in [0, 0.05) is 11.5 Å². The first-order valence-corrected chi connectivity index (χ1v) is 5.33. The van der Waals surface area contributed by atoms with Gasteiger partial charge in [-0.2, -0.15) is 11.8 Å². The van der Waals surface area contributed by atoms with Gasteiger partial charge in [-0.05, 0) is 0 Å².